The topological polar surface area (TPSA) is 120 Å². The van der Waals surface area contributed by atoms with Crippen molar-refractivity contribution in [1.29, 1.82) is 0 Å². The molecule has 0 radical (unpaired) electrons. The third kappa shape index (κ3) is 5.83. The molecule has 38 heavy (non-hydrogen) atoms. The maximum Gasteiger partial charge on any atom is 0.263 e. The molecule has 4 N–H and O–H groups in total. The molecule has 1 aromatic carbocycles. The van der Waals surface area contributed by atoms with E-state index in [9.17, 15) is 4.39 Å². The lowest BCUT2D eigenvalue weighted by molar-refractivity contribution is 0.122. The fourth-order valence-electron chi connectivity index (χ4n) is 4.23. The number of pyridine rings is 1. The molecule has 0 aliphatic carbocycles. The monoisotopic (exact) mass is 538 g/mol. The maximum atomic E-state index is 14.3. The van der Waals surface area contributed by atoms with Crippen LogP contribution in [0.1, 0.15) is 24.2 Å². The van der Waals surface area contributed by atoms with E-state index in [0.717, 1.165) is 34.0 Å². The molecule has 5 rings (SSSR count). The Morgan fingerprint density at radius 3 is 2.68 bits per heavy atom. The molecule has 1 unspecified atom stereocenters. The first-order valence-electron chi connectivity index (χ1n) is 12.0. The Balaban J connectivity index is 1.22. The number of halogens is 2. The minimum Gasteiger partial charge on any atom is -0.378 e. The van der Waals surface area contributed by atoms with Crippen LogP contribution in [0.25, 0.3) is 0 Å². The minimum atomic E-state index is -0.525. The Bertz CT molecular complexity index is 1350. The number of nitrogens with zero attached hydrogens (tertiary/aromatic N) is 7. The van der Waals surface area contributed by atoms with Gasteiger partial charge in [0, 0.05) is 36.5 Å². The molecule has 2 aliphatic rings. The summed E-state index contributed by atoms with van der Waals surface area (Å²) < 4.78 is 19.6. The number of nitrogens with two attached hydrogens (primary N) is 1. The average Bonchev–Trinajstić information content (AvgIpc) is 3.26. The summed E-state index contributed by atoms with van der Waals surface area (Å²) in [6.45, 7) is 4.10. The smallest absolute Gasteiger partial charge is 0.263 e. The van der Waals surface area contributed by atoms with Gasteiger partial charge in [-0.1, -0.05) is 17.7 Å². The van der Waals surface area contributed by atoms with E-state index in [1.165, 1.54) is 6.21 Å². The fraction of sp³-hybridized carbons (Fsp3) is 0.280. The van der Waals surface area contributed by atoms with Crippen LogP contribution in [0, 0.1) is 5.82 Å². The molecule has 3 aromatic rings. The average molecular weight is 539 g/mol. The fourth-order valence-corrected chi connectivity index (χ4v) is 4.52. The van der Waals surface area contributed by atoms with Crippen LogP contribution in [0.4, 0.5) is 27.5 Å². The summed E-state index contributed by atoms with van der Waals surface area (Å²) in [5, 5.41) is 11.1. The SMILES string of the molecule is CC1=CC(c2ccc(Nc3ccc(/C=N/N(N)c4ncc(F)c(N5CCOCC5)n4)nc3)cc2Cl)N(C)N1. The highest BCUT2D eigenvalue weighted by molar-refractivity contribution is 6.31. The summed E-state index contributed by atoms with van der Waals surface area (Å²) in [5.74, 6) is 5.70. The van der Waals surface area contributed by atoms with E-state index in [1.807, 2.05) is 43.2 Å². The predicted molar refractivity (Wildman–Crippen MR) is 146 cm³/mol. The van der Waals surface area contributed by atoms with Gasteiger partial charge >= 0.3 is 0 Å². The molecule has 1 atom stereocenters. The second-order valence-corrected chi connectivity index (χ2v) is 9.29. The van der Waals surface area contributed by atoms with Crippen molar-refractivity contribution in [2.24, 2.45) is 10.9 Å². The number of allylic oxidation sites excluding steroid dienone is 1. The van der Waals surface area contributed by atoms with Crippen molar-refractivity contribution in [3.05, 3.63) is 76.6 Å². The number of benzene rings is 1. The van der Waals surface area contributed by atoms with Gasteiger partial charge in [-0.25, -0.2) is 20.2 Å². The zero-order chi connectivity index (χ0) is 26.6. The van der Waals surface area contributed by atoms with Gasteiger partial charge in [-0.15, -0.1) is 0 Å². The highest BCUT2D eigenvalue weighted by Gasteiger charge is 2.23. The van der Waals surface area contributed by atoms with Crippen LogP contribution in [0.3, 0.4) is 0 Å². The van der Waals surface area contributed by atoms with Gasteiger partial charge in [0.25, 0.3) is 5.95 Å². The number of rotatable bonds is 7. The number of morpholine rings is 1. The first-order chi connectivity index (χ1) is 18.4. The quantitative estimate of drug-likeness (QED) is 0.234. The van der Waals surface area contributed by atoms with Crippen molar-refractivity contribution < 1.29 is 9.13 Å². The number of aromatic nitrogens is 3. The Labute approximate surface area is 224 Å². The molecule has 1 saturated heterocycles. The molecule has 11 nitrogen and oxygen atoms in total. The predicted octanol–water partition coefficient (Wildman–Crippen LogP) is 3.35. The van der Waals surface area contributed by atoms with Crippen molar-refractivity contribution in [2.45, 2.75) is 13.0 Å². The van der Waals surface area contributed by atoms with Crippen molar-refractivity contribution in [2.75, 3.05) is 48.7 Å². The Kier molecular flexibility index (Phi) is 7.65. The van der Waals surface area contributed by atoms with E-state index in [0.29, 0.717) is 37.0 Å². The molecule has 0 amide bonds. The van der Waals surface area contributed by atoms with E-state index in [1.54, 1.807) is 17.2 Å². The highest BCUT2D eigenvalue weighted by atomic mass is 35.5. The van der Waals surface area contributed by atoms with Gasteiger partial charge in [0.05, 0.1) is 49.2 Å². The minimum absolute atomic E-state index is 0.0629. The lowest BCUT2D eigenvalue weighted by Crippen LogP contribution is -2.38. The Hall–Kier alpha value is -3.84. The molecule has 0 spiro atoms. The number of likely N-dealkylation sites (N-methyl/N-ethyl adjacent to an activating group) is 1. The van der Waals surface area contributed by atoms with Gasteiger partial charge in [0.2, 0.25) is 0 Å². The van der Waals surface area contributed by atoms with Crippen molar-refractivity contribution in [3.63, 3.8) is 0 Å². The second-order valence-electron chi connectivity index (χ2n) is 8.88. The van der Waals surface area contributed by atoms with Crippen LogP contribution < -0.4 is 26.6 Å². The van der Waals surface area contributed by atoms with E-state index < -0.39 is 5.82 Å². The highest BCUT2D eigenvalue weighted by Crippen LogP contribution is 2.33. The van der Waals surface area contributed by atoms with Crippen LogP contribution in [-0.4, -0.2) is 59.5 Å². The Morgan fingerprint density at radius 1 is 1.21 bits per heavy atom. The summed E-state index contributed by atoms with van der Waals surface area (Å²) in [5.41, 5.74) is 7.55. The molecule has 4 heterocycles. The zero-order valence-corrected chi connectivity index (χ0v) is 21.7. The summed E-state index contributed by atoms with van der Waals surface area (Å²) in [6, 6.07) is 9.60. The van der Waals surface area contributed by atoms with Gasteiger partial charge in [0.15, 0.2) is 11.6 Å². The molecule has 13 heteroatoms. The van der Waals surface area contributed by atoms with Crippen molar-refractivity contribution >= 4 is 41.0 Å². The van der Waals surface area contributed by atoms with Gasteiger partial charge in [-0.2, -0.15) is 15.2 Å². The van der Waals surface area contributed by atoms with Crippen LogP contribution in [0.5, 0.6) is 0 Å². The summed E-state index contributed by atoms with van der Waals surface area (Å²) in [7, 11) is 1.98. The molecule has 2 aliphatic heterocycles. The number of hydrogen-bond acceptors (Lipinski definition) is 11. The molecular formula is C25H28ClFN10O. The largest absolute Gasteiger partial charge is 0.378 e. The van der Waals surface area contributed by atoms with E-state index in [-0.39, 0.29) is 17.8 Å². The normalized spacial score (nSPS) is 18.0. The third-order valence-corrected chi connectivity index (χ3v) is 6.44. The van der Waals surface area contributed by atoms with E-state index >= 15 is 0 Å². The van der Waals surface area contributed by atoms with E-state index in [2.05, 4.69) is 36.9 Å². The maximum absolute atomic E-state index is 14.3. The van der Waals surface area contributed by atoms with Crippen LogP contribution in [0.15, 0.2) is 59.6 Å². The molecule has 0 saturated carbocycles. The van der Waals surface area contributed by atoms with Gasteiger partial charge in [-0.05, 0) is 42.8 Å². The van der Waals surface area contributed by atoms with Crippen LogP contribution in [0.2, 0.25) is 5.02 Å². The second kappa shape index (κ2) is 11.3. The molecule has 198 valence electrons. The zero-order valence-electron chi connectivity index (χ0n) is 21.0. The van der Waals surface area contributed by atoms with Gasteiger partial charge in [0.1, 0.15) is 0 Å². The first-order valence-corrected chi connectivity index (χ1v) is 12.4. The number of anilines is 4. The summed E-state index contributed by atoms with van der Waals surface area (Å²) in [4.78, 5) is 14.4. The Morgan fingerprint density at radius 2 is 2.00 bits per heavy atom. The van der Waals surface area contributed by atoms with Crippen molar-refractivity contribution in [1.82, 2.24) is 25.4 Å². The molecule has 1 fully saturated rings. The first kappa shape index (κ1) is 25.8. The standard InChI is InChI=1S/C25H28ClFN10O/c1-16-11-23(35(2)34-16)20-6-5-17(12-21(20)26)32-19-4-3-18(29-13-19)14-31-37(28)25-30-15-22(27)24(33-25)36-7-9-38-10-8-36/h3-6,11-15,23,32,34H,7-10,28H2,1-2H3/b31-14+. The summed E-state index contributed by atoms with van der Waals surface area (Å²) in [6.07, 6.45) is 6.36. The van der Waals surface area contributed by atoms with Gasteiger partial charge in [-0.3, -0.25) is 4.98 Å². The number of ether oxygens (including phenoxy) is 1. The van der Waals surface area contributed by atoms with Gasteiger partial charge < -0.3 is 20.4 Å². The lowest BCUT2D eigenvalue weighted by atomic mass is 10.1. The molecule has 2 aromatic heterocycles. The summed E-state index contributed by atoms with van der Waals surface area (Å²) >= 11 is 6.59. The number of hydrogen-bond donors (Lipinski definition) is 3. The third-order valence-electron chi connectivity index (χ3n) is 6.11. The number of nitrogens with one attached hydrogen (secondary N) is 2. The molecular weight excluding hydrogens is 511 g/mol. The van der Waals surface area contributed by atoms with Crippen molar-refractivity contribution in [3.8, 4) is 0 Å². The number of hydrazine groups is 2. The van der Waals surface area contributed by atoms with E-state index in [4.69, 9.17) is 22.2 Å². The molecule has 0 bridgehead atoms. The lowest BCUT2D eigenvalue weighted by Gasteiger charge is -2.28. The number of hydrazone groups is 1. The van der Waals surface area contributed by atoms with Crippen LogP contribution in [-0.2, 0) is 4.74 Å². The van der Waals surface area contributed by atoms with Crippen LogP contribution >= 0.6 is 11.6 Å².